The van der Waals surface area contributed by atoms with Crippen molar-refractivity contribution in [1.29, 1.82) is 0 Å². The molecular weight excluding hydrogens is 279 g/mol. The third-order valence-electron chi connectivity index (χ3n) is 2.12. The smallest absolute Gasteiger partial charge is 0.227 e. The summed E-state index contributed by atoms with van der Waals surface area (Å²) in [7, 11) is 0. The fourth-order valence-electron chi connectivity index (χ4n) is 1.49. The molecule has 1 aromatic rings. The second-order valence-electron chi connectivity index (χ2n) is 2.98. The van der Waals surface area contributed by atoms with Crippen molar-refractivity contribution in [2.45, 2.75) is 12.8 Å². The second-order valence-corrected chi connectivity index (χ2v) is 4.14. The van der Waals surface area contributed by atoms with Crippen molar-refractivity contribution in [2.75, 3.05) is 11.4 Å². The predicted molar refractivity (Wildman–Crippen MR) is 58.5 cm³/mol. The molecule has 1 saturated heterocycles. The van der Waals surface area contributed by atoms with Crippen molar-refractivity contribution in [3.63, 3.8) is 0 Å². The van der Waals surface area contributed by atoms with E-state index in [1.807, 2.05) is 11.0 Å². The third kappa shape index (κ3) is 1.67. The Hall–Kier alpha value is -0.650. The average Bonchev–Trinajstić information content (AvgIpc) is 2.52. The Morgan fingerprint density at radius 1 is 1.54 bits per heavy atom. The van der Waals surface area contributed by atoms with E-state index in [0.29, 0.717) is 6.42 Å². The summed E-state index contributed by atoms with van der Waals surface area (Å²) in [5.74, 6) is 0.226. The minimum absolute atomic E-state index is 0.226. The van der Waals surface area contributed by atoms with Crippen molar-refractivity contribution >= 4 is 34.2 Å². The van der Waals surface area contributed by atoms with Gasteiger partial charge >= 0.3 is 0 Å². The van der Waals surface area contributed by atoms with Crippen LogP contribution in [0, 0.1) is 3.57 Å². The van der Waals surface area contributed by atoms with Crippen molar-refractivity contribution in [3.8, 4) is 0 Å². The summed E-state index contributed by atoms with van der Waals surface area (Å²) < 4.78 is 1.04. The van der Waals surface area contributed by atoms with Crippen LogP contribution < -0.4 is 4.90 Å². The van der Waals surface area contributed by atoms with E-state index in [1.165, 1.54) is 0 Å². The van der Waals surface area contributed by atoms with Gasteiger partial charge in [-0.2, -0.15) is 0 Å². The minimum atomic E-state index is 0.226. The Morgan fingerprint density at radius 2 is 2.38 bits per heavy atom. The van der Waals surface area contributed by atoms with Gasteiger partial charge in [-0.15, -0.1) is 0 Å². The molecular formula is C9H9IN2O. The van der Waals surface area contributed by atoms with Gasteiger partial charge in [0, 0.05) is 25.4 Å². The molecule has 0 atom stereocenters. The van der Waals surface area contributed by atoms with Crippen LogP contribution in [0.3, 0.4) is 0 Å². The Kier molecular flexibility index (Phi) is 2.48. The van der Waals surface area contributed by atoms with Crippen LogP contribution in [-0.4, -0.2) is 17.4 Å². The molecule has 1 fully saturated rings. The highest BCUT2D eigenvalue weighted by atomic mass is 127. The van der Waals surface area contributed by atoms with Crippen molar-refractivity contribution < 1.29 is 4.79 Å². The molecule has 68 valence electrons. The predicted octanol–water partition coefficient (Wildman–Crippen LogP) is 1.81. The first-order chi connectivity index (χ1) is 6.29. The lowest BCUT2D eigenvalue weighted by molar-refractivity contribution is -0.117. The monoisotopic (exact) mass is 288 g/mol. The normalized spacial score (nSPS) is 16.7. The van der Waals surface area contributed by atoms with Crippen LogP contribution in [0.1, 0.15) is 12.8 Å². The minimum Gasteiger partial charge on any atom is -0.311 e. The maximum Gasteiger partial charge on any atom is 0.227 e. The summed E-state index contributed by atoms with van der Waals surface area (Å²) in [6, 6.07) is 1.89. The molecule has 13 heavy (non-hydrogen) atoms. The van der Waals surface area contributed by atoms with Gasteiger partial charge < -0.3 is 4.90 Å². The number of halogens is 1. The summed E-state index contributed by atoms with van der Waals surface area (Å²) in [4.78, 5) is 17.3. The van der Waals surface area contributed by atoms with Crippen LogP contribution in [0.25, 0.3) is 0 Å². The molecule has 2 heterocycles. The highest BCUT2D eigenvalue weighted by molar-refractivity contribution is 14.1. The topological polar surface area (TPSA) is 33.2 Å². The maximum atomic E-state index is 11.4. The van der Waals surface area contributed by atoms with Crippen LogP contribution in [0.4, 0.5) is 5.69 Å². The molecule has 0 unspecified atom stereocenters. The Labute approximate surface area is 90.3 Å². The van der Waals surface area contributed by atoms with Crippen molar-refractivity contribution in [3.05, 3.63) is 22.0 Å². The van der Waals surface area contributed by atoms with E-state index in [1.54, 1.807) is 12.4 Å². The highest BCUT2D eigenvalue weighted by Crippen LogP contribution is 2.25. The molecule has 0 aromatic carbocycles. The van der Waals surface area contributed by atoms with Gasteiger partial charge in [-0.25, -0.2) is 0 Å². The van der Waals surface area contributed by atoms with Gasteiger partial charge in [-0.1, -0.05) is 0 Å². The zero-order chi connectivity index (χ0) is 9.26. The molecule has 1 aliphatic rings. The van der Waals surface area contributed by atoms with Gasteiger partial charge in [0.2, 0.25) is 5.91 Å². The van der Waals surface area contributed by atoms with Gasteiger partial charge in [-0.3, -0.25) is 9.78 Å². The van der Waals surface area contributed by atoms with Crippen LogP contribution in [0.5, 0.6) is 0 Å². The molecule has 1 aliphatic heterocycles. The molecule has 0 radical (unpaired) electrons. The highest BCUT2D eigenvalue weighted by Gasteiger charge is 2.22. The molecule has 3 nitrogen and oxygen atoms in total. The Morgan fingerprint density at radius 3 is 3.00 bits per heavy atom. The van der Waals surface area contributed by atoms with E-state index in [9.17, 15) is 4.79 Å². The zero-order valence-electron chi connectivity index (χ0n) is 7.03. The van der Waals surface area contributed by atoms with Crippen molar-refractivity contribution in [1.82, 2.24) is 4.98 Å². The number of nitrogens with zero attached hydrogens (tertiary/aromatic N) is 2. The maximum absolute atomic E-state index is 11.4. The van der Waals surface area contributed by atoms with E-state index in [-0.39, 0.29) is 5.91 Å². The average molecular weight is 288 g/mol. The molecule has 1 amide bonds. The SMILES string of the molecule is O=C1CCCN1c1ccncc1I. The van der Waals surface area contributed by atoms with E-state index in [4.69, 9.17) is 0 Å². The van der Waals surface area contributed by atoms with Gasteiger partial charge in [-0.05, 0) is 35.1 Å². The molecule has 2 rings (SSSR count). The molecule has 0 bridgehead atoms. The quantitative estimate of drug-likeness (QED) is 0.738. The zero-order valence-corrected chi connectivity index (χ0v) is 9.19. The van der Waals surface area contributed by atoms with Gasteiger partial charge in [0.05, 0.1) is 9.26 Å². The third-order valence-corrected chi connectivity index (χ3v) is 2.95. The summed E-state index contributed by atoms with van der Waals surface area (Å²) in [6.45, 7) is 0.846. The Bertz CT molecular complexity index is 340. The lowest BCUT2D eigenvalue weighted by atomic mass is 10.4. The van der Waals surface area contributed by atoms with E-state index < -0.39 is 0 Å². The number of pyridine rings is 1. The number of hydrogen-bond acceptors (Lipinski definition) is 2. The number of carbonyl (C=O) groups is 1. The number of amides is 1. The molecule has 0 spiro atoms. The molecule has 0 aliphatic carbocycles. The summed E-state index contributed by atoms with van der Waals surface area (Å²) in [6.07, 6.45) is 5.15. The molecule has 4 heteroatoms. The Balaban J connectivity index is 2.34. The second kappa shape index (κ2) is 3.61. The van der Waals surface area contributed by atoms with Gasteiger partial charge in [0.15, 0.2) is 0 Å². The van der Waals surface area contributed by atoms with E-state index in [0.717, 1.165) is 22.2 Å². The van der Waals surface area contributed by atoms with E-state index in [2.05, 4.69) is 27.6 Å². The van der Waals surface area contributed by atoms with Crippen molar-refractivity contribution in [2.24, 2.45) is 0 Å². The largest absolute Gasteiger partial charge is 0.311 e. The number of hydrogen-bond donors (Lipinski definition) is 0. The van der Waals surface area contributed by atoms with Crippen LogP contribution in [-0.2, 0) is 4.79 Å². The van der Waals surface area contributed by atoms with Crippen LogP contribution in [0.2, 0.25) is 0 Å². The summed E-state index contributed by atoms with van der Waals surface area (Å²) in [5.41, 5.74) is 0.998. The molecule has 0 saturated carbocycles. The fourth-order valence-corrected chi connectivity index (χ4v) is 2.12. The fraction of sp³-hybridized carbons (Fsp3) is 0.333. The molecule has 0 N–H and O–H groups in total. The van der Waals surface area contributed by atoms with Crippen LogP contribution >= 0.6 is 22.6 Å². The van der Waals surface area contributed by atoms with Gasteiger partial charge in [0.1, 0.15) is 0 Å². The molecule has 1 aromatic heterocycles. The summed E-state index contributed by atoms with van der Waals surface area (Å²) in [5, 5.41) is 0. The standard InChI is InChI=1S/C9H9IN2O/c10-7-6-11-4-3-8(7)12-5-1-2-9(12)13/h3-4,6H,1-2,5H2. The number of rotatable bonds is 1. The van der Waals surface area contributed by atoms with Gasteiger partial charge in [0.25, 0.3) is 0 Å². The number of carbonyl (C=O) groups excluding carboxylic acids is 1. The number of aromatic nitrogens is 1. The lowest BCUT2D eigenvalue weighted by Gasteiger charge is -2.16. The van der Waals surface area contributed by atoms with E-state index >= 15 is 0 Å². The first-order valence-corrected chi connectivity index (χ1v) is 5.27. The van der Waals surface area contributed by atoms with Crippen LogP contribution in [0.15, 0.2) is 18.5 Å². The first-order valence-electron chi connectivity index (χ1n) is 4.19. The lowest BCUT2D eigenvalue weighted by Crippen LogP contribution is -2.24. The summed E-state index contributed by atoms with van der Waals surface area (Å²) >= 11 is 2.20. The first kappa shape index (κ1) is 8.93. The number of anilines is 1.